The van der Waals surface area contributed by atoms with Gasteiger partial charge in [-0.05, 0) is 44.4 Å². The van der Waals surface area contributed by atoms with Crippen molar-refractivity contribution in [2.75, 3.05) is 0 Å². The van der Waals surface area contributed by atoms with Crippen LogP contribution in [0.1, 0.15) is 45.6 Å². The number of H-pyrrole nitrogens is 1. The highest BCUT2D eigenvalue weighted by Gasteiger charge is 2.59. The lowest BCUT2D eigenvalue weighted by molar-refractivity contribution is -0.556. The Balaban J connectivity index is 1.79. The molecule has 1 amide bonds. The van der Waals surface area contributed by atoms with Gasteiger partial charge in [-0.2, -0.15) is 4.74 Å². The van der Waals surface area contributed by atoms with Gasteiger partial charge in [0.05, 0.1) is 18.6 Å². The van der Waals surface area contributed by atoms with E-state index in [1.807, 2.05) is 24.3 Å². The van der Waals surface area contributed by atoms with Gasteiger partial charge in [0.25, 0.3) is 11.4 Å². The van der Waals surface area contributed by atoms with Crippen LogP contribution in [0.15, 0.2) is 42.6 Å². The zero-order valence-corrected chi connectivity index (χ0v) is 21.4. The predicted octanol–water partition coefficient (Wildman–Crippen LogP) is 1.66. The van der Waals surface area contributed by atoms with Crippen molar-refractivity contribution in [1.29, 1.82) is 0 Å². The summed E-state index contributed by atoms with van der Waals surface area (Å²) in [5, 5.41) is 27.2. The Kier molecular flexibility index (Phi) is 7.68. The van der Waals surface area contributed by atoms with E-state index in [1.165, 1.54) is 19.9 Å². The molecule has 0 saturated heterocycles. The van der Waals surface area contributed by atoms with Gasteiger partial charge in [0, 0.05) is 36.5 Å². The van der Waals surface area contributed by atoms with Gasteiger partial charge in [0.1, 0.15) is 5.92 Å². The molecule has 1 aromatic carbocycles. The molecule has 0 aliphatic carbocycles. The fourth-order valence-electron chi connectivity index (χ4n) is 4.89. The standard InChI is InChI=1S/C27H31N3O8/c1-15-8-9-19(31)10-11-24(33)38-17(3)23(32)12-21(26(35)37-15)27(29-25(34)16(2)30(27)36)13-18-14-28-22-7-5-4-6-20(18)22/h4-7,10-11,14-15,17,19,21,28,31H,8-9,12-13H2,1-3H3,(H,29,34). The summed E-state index contributed by atoms with van der Waals surface area (Å²) >= 11 is 0. The monoisotopic (exact) mass is 525 g/mol. The summed E-state index contributed by atoms with van der Waals surface area (Å²) in [6, 6.07) is 7.37. The Morgan fingerprint density at radius 2 is 1.87 bits per heavy atom. The van der Waals surface area contributed by atoms with Crippen LogP contribution in [-0.4, -0.2) is 68.1 Å². The number of para-hydroxylation sites is 1. The number of carbonyl (C=O) groups is 4. The van der Waals surface area contributed by atoms with Gasteiger partial charge < -0.3 is 24.8 Å². The van der Waals surface area contributed by atoms with Crippen molar-refractivity contribution >= 4 is 40.2 Å². The Morgan fingerprint density at radius 3 is 2.58 bits per heavy atom. The molecule has 202 valence electrons. The summed E-state index contributed by atoms with van der Waals surface area (Å²) in [4.78, 5) is 54.9. The van der Waals surface area contributed by atoms with E-state index >= 15 is 0 Å². The highest BCUT2D eigenvalue weighted by molar-refractivity contribution is 6.37. The predicted molar refractivity (Wildman–Crippen MR) is 136 cm³/mol. The maximum absolute atomic E-state index is 13.6. The molecule has 0 saturated carbocycles. The summed E-state index contributed by atoms with van der Waals surface area (Å²) in [6.07, 6.45) is 0.855. The summed E-state index contributed by atoms with van der Waals surface area (Å²) in [6.45, 7) is 4.32. The van der Waals surface area contributed by atoms with Crippen molar-refractivity contribution in [2.45, 2.75) is 70.4 Å². The van der Waals surface area contributed by atoms with E-state index in [2.05, 4.69) is 10.3 Å². The highest BCUT2D eigenvalue weighted by Crippen LogP contribution is 2.34. The molecule has 2 aliphatic rings. The van der Waals surface area contributed by atoms with E-state index in [9.17, 15) is 29.5 Å². The quantitative estimate of drug-likeness (QED) is 0.310. The van der Waals surface area contributed by atoms with E-state index in [-0.39, 0.29) is 25.0 Å². The van der Waals surface area contributed by atoms with E-state index in [4.69, 9.17) is 9.47 Å². The van der Waals surface area contributed by atoms with Crippen LogP contribution in [0.3, 0.4) is 0 Å². The Labute approximate surface area is 219 Å². The third-order valence-corrected chi connectivity index (χ3v) is 7.11. The van der Waals surface area contributed by atoms with Crippen LogP contribution in [0, 0.1) is 11.1 Å². The number of nitrogens with one attached hydrogen (secondary N) is 2. The van der Waals surface area contributed by atoms with Crippen LogP contribution in [0.2, 0.25) is 0 Å². The molecular weight excluding hydrogens is 494 g/mol. The second kappa shape index (κ2) is 10.8. The number of aliphatic hydroxyl groups is 1. The van der Waals surface area contributed by atoms with Crippen molar-refractivity contribution in [1.82, 2.24) is 10.3 Å². The number of ketones is 1. The number of hydrogen-bond acceptors (Lipinski definition) is 8. The molecule has 3 heterocycles. The number of Topliss-reactive ketones (excluding diaryl/α,β-unsaturated/α-hetero) is 1. The fraction of sp³-hybridized carbons (Fsp3) is 0.444. The van der Waals surface area contributed by atoms with Gasteiger partial charge in [-0.25, -0.2) is 4.79 Å². The first kappa shape index (κ1) is 27.1. The van der Waals surface area contributed by atoms with Gasteiger partial charge in [-0.1, -0.05) is 18.2 Å². The number of nitrogens with zero attached hydrogens (tertiary/aromatic N) is 1. The Morgan fingerprint density at radius 1 is 1.13 bits per heavy atom. The lowest BCUT2D eigenvalue weighted by Gasteiger charge is -2.34. The van der Waals surface area contributed by atoms with Crippen LogP contribution >= 0.6 is 0 Å². The van der Waals surface area contributed by atoms with E-state index < -0.39 is 59.9 Å². The van der Waals surface area contributed by atoms with E-state index in [0.717, 1.165) is 17.0 Å². The van der Waals surface area contributed by atoms with Crippen LogP contribution in [0.4, 0.5) is 0 Å². The number of aliphatic hydroxyl groups excluding tert-OH is 1. The SMILES string of the molecule is CC1=[N+]([O-])C(Cc2c[nH]c3ccccc23)(C2CC(=O)C(C)OC(=O)C=CC(O)CCC(C)OC2=O)NC1=O. The highest BCUT2D eigenvalue weighted by atomic mass is 16.6. The first-order valence-electron chi connectivity index (χ1n) is 12.5. The average Bonchev–Trinajstić information content (AvgIpc) is 3.38. The number of rotatable bonds is 3. The van der Waals surface area contributed by atoms with E-state index in [1.54, 1.807) is 13.1 Å². The minimum Gasteiger partial charge on any atom is -0.622 e. The molecule has 2 aliphatic heterocycles. The maximum Gasteiger partial charge on any atom is 0.331 e. The lowest BCUT2D eigenvalue weighted by Crippen LogP contribution is -2.60. The second-order valence-corrected chi connectivity index (χ2v) is 9.85. The third kappa shape index (κ3) is 5.33. The molecule has 0 bridgehead atoms. The molecule has 11 heteroatoms. The summed E-state index contributed by atoms with van der Waals surface area (Å²) in [5.74, 6) is -4.42. The number of hydroxylamine groups is 1. The number of cyclic esters (lactones) is 2. The van der Waals surface area contributed by atoms with Gasteiger partial charge in [-0.15, -0.1) is 0 Å². The van der Waals surface area contributed by atoms with Crippen LogP contribution < -0.4 is 5.32 Å². The second-order valence-electron chi connectivity index (χ2n) is 9.85. The summed E-state index contributed by atoms with van der Waals surface area (Å²) in [5.41, 5.74) is -0.591. The first-order chi connectivity index (χ1) is 18.0. The molecule has 3 N–H and O–H groups in total. The van der Waals surface area contributed by atoms with Gasteiger partial charge in [-0.3, -0.25) is 19.7 Å². The summed E-state index contributed by atoms with van der Waals surface area (Å²) in [7, 11) is 0. The zero-order chi connectivity index (χ0) is 27.6. The number of esters is 2. The van der Waals surface area contributed by atoms with Crippen LogP contribution in [0.5, 0.6) is 0 Å². The smallest absolute Gasteiger partial charge is 0.331 e. The maximum atomic E-state index is 13.6. The fourth-order valence-corrected chi connectivity index (χ4v) is 4.89. The zero-order valence-electron chi connectivity index (χ0n) is 21.4. The molecule has 0 fully saturated rings. The molecule has 0 radical (unpaired) electrons. The topological polar surface area (TPSA) is 161 Å². The van der Waals surface area contributed by atoms with Gasteiger partial charge >= 0.3 is 17.8 Å². The van der Waals surface area contributed by atoms with Crippen molar-refractivity contribution in [3.8, 4) is 0 Å². The number of ether oxygens (including phenoxy) is 2. The number of fused-ring (bicyclic) bond motifs is 1. The number of amides is 1. The lowest BCUT2D eigenvalue weighted by atomic mass is 9.82. The first-order valence-corrected chi connectivity index (χ1v) is 12.5. The molecule has 0 spiro atoms. The van der Waals surface area contributed by atoms with Gasteiger partial charge in [0.15, 0.2) is 11.9 Å². The number of aromatic amines is 1. The van der Waals surface area contributed by atoms with Crippen LogP contribution in [0.25, 0.3) is 10.9 Å². The van der Waals surface area contributed by atoms with Gasteiger partial charge in [0.2, 0.25) is 0 Å². The van der Waals surface area contributed by atoms with Crippen molar-refractivity contribution in [3.63, 3.8) is 0 Å². The largest absolute Gasteiger partial charge is 0.622 e. The molecule has 5 atom stereocenters. The summed E-state index contributed by atoms with van der Waals surface area (Å²) < 4.78 is 11.3. The van der Waals surface area contributed by atoms with Crippen molar-refractivity contribution in [2.24, 2.45) is 5.92 Å². The third-order valence-electron chi connectivity index (χ3n) is 7.11. The van der Waals surface area contributed by atoms with Crippen LogP contribution in [-0.2, 0) is 35.1 Å². The number of aromatic nitrogens is 1. The number of hydrogen-bond donors (Lipinski definition) is 3. The molecule has 11 nitrogen and oxygen atoms in total. The Hall–Kier alpha value is -3.99. The molecule has 5 unspecified atom stereocenters. The molecular formula is C27H31N3O8. The normalized spacial score (nSPS) is 29.7. The minimum absolute atomic E-state index is 0.110. The average molecular weight is 526 g/mol. The molecule has 4 rings (SSSR count). The molecule has 1 aromatic heterocycles. The molecule has 38 heavy (non-hydrogen) atoms. The van der Waals surface area contributed by atoms with Crippen molar-refractivity contribution in [3.05, 3.63) is 53.4 Å². The molecule has 2 aromatic rings. The number of benzene rings is 1. The van der Waals surface area contributed by atoms with Crippen molar-refractivity contribution < 1.29 is 38.5 Å². The minimum atomic E-state index is -1.88. The Bertz CT molecular complexity index is 1330. The number of carbonyl (C=O) groups excluding carboxylic acids is 4. The van der Waals surface area contributed by atoms with E-state index in [0.29, 0.717) is 10.3 Å².